The summed E-state index contributed by atoms with van der Waals surface area (Å²) in [5.41, 5.74) is 0.295. The number of nitrogens with zero attached hydrogens (tertiary/aromatic N) is 2. The molecule has 0 aliphatic heterocycles. The van der Waals surface area contributed by atoms with Crippen molar-refractivity contribution in [2.45, 2.75) is 0 Å². The Balaban J connectivity index is 2.66. The van der Waals surface area contributed by atoms with E-state index in [0.717, 1.165) is 6.07 Å². The van der Waals surface area contributed by atoms with Gasteiger partial charge in [0.1, 0.15) is 5.82 Å². The highest BCUT2D eigenvalue weighted by Gasteiger charge is 2.20. The minimum absolute atomic E-state index is 0.0243. The summed E-state index contributed by atoms with van der Waals surface area (Å²) in [6, 6.07) is 0.956. The molecule has 0 saturated heterocycles. The molecule has 0 aliphatic rings. The molecule has 21 heavy (non-hydrogen) atoms. The van der Waals surface area contributed by atoms with Crippen LogP contribution in [0.1, 0.15) is 0 Å². The van der Waals surface area contributed by atoms with E-state index in [1.807, 2.05) is 0 Å². The van der Waals surface area contributed by atoms with Gasteiger partial charge in [-0.15, -0.1) is 0 Å². The van der Waals surface area contributed by atoms with Crippen molar-refractivity contribution in [3.8, 4) is 0 Å². The molecule has 2 aromatic rings. The number of halogens is 3. The Morgan fingerprint density at radius 1 is 1.24 bits per heavy atom. The van der Waals surface area contributed by atoms with Gasteiger partial charge in [0.05, 0.1) is 18.5 Å². The maximum atomic E-state index is 14.1. The van der Waals surface area contributed by atoms with Crippen molar-refractivity contribution >= 4 is 22.3 Å². The average molecular weight is 299 g/mol. The smallest absolute Gasteiger partial charge is 0.195 e. The third-order valence-corrected chi connectivity index (χ3v) is 3.03. The Morgan fingerprint density at radius 2 is 1.95 bits per heavy atom. The normalized spacial score (nSPS) is 11.0. The largest absolute Gasteiger partial charge is 0.383 e. The van der Waals surface area contributed by atoms with Crippen molar-refractivity contribution in [2.24, 2.45) is 0 Å². The van der Waals surface area contributed by atoms with E-state index in [0.29, 0.717) is 24.7 Å². The second kappa shape index (κ2) is 6.17. The predicted molar refractivity (Wildman–Crippen MR) is 76.3 cm³/mol. The molecule has 1 aromatic heterocycles. The number of pyridine rings is 1. The molecular formula is C14H16F3N3O. The van der Waals surface area contributed by atoms with Gasteiger partial charge < -0.3 is 15.0 Å². The van der Waals surface area contributed by atoms with Crippen LogP contribution in [0.3, 0.4) is 0 Å². The summed E-state index contributed by atoms with van der Waals surface area (Å²) in [6.07, 6.45) is 1.40. The van der Waals surface area contributed by atoms with Gasteiger partial charge in [0, 0.05) is 38.5 Å². The van der Waals surface area contributed by atoms with Crippen molar-refractivity contribution in [3.63, 3.8) is 0 Å². The SMILES string of the molecule is COCCNc1cnc(N(C)C)c2cc(F)c(F)c(F)c12. The van der Waals surface area contributed by atoms with Gasteiger partial charge in [-0.3, -0.25) is 0 Å². The van der Waals surface area contributed by atoms with Gasteiger partial charge in [-0.2, -0.15) is 0 Å². The van der Waals surface area contributed by atoms with E-state index >= 15 is 0 Å². The zero-order valence-corrected chi connectivity index (χ0v) is 12.0. The van der Waals surface area contributed by atoms with Gasteiger partial charge in [0.2, 0.25) is 0 Å². The molecule has 0 bridgehead atoms. The van der Waals surface area contributed by atoms with E-state index in [4.69, 9.17) is 4.74 Å². The fourth-order valence-electron chi connectivity index (χ4n) is 2.07. The van der Waals surface area contributed by atoms with Crippen molar-refractivity contribution in [1.82, 2.24) is 4.98 Å². The van der Waals surface area contributed by atoms with Gasteiger partial charge in [0.15, 0.2) is 17.5 Å². The van der Waals surface area contributed by atoms with Gasteiger partial charge in [-0.1, -0.05) is 0 Å². The Bertz CT molecular complexity index is 662. The molecule has 7 heteroatoms. The summed E-state index contributed by atoms with van der Waals surface area (Å²) in [5.74, 6) is -3.59. The summed E-state index contributed by atoms with van der Waals surface area (Å²) < 4.78 is 46.0. The molecule has 4 nitrogen and oxygen atoms in total. The number of methoxy groups -OCH3 is 1. The highest BCUT2D eigenvalue weighted by molar-refractivity contribution is 6.00. The van der Waals surface area contributed by atoms with E-state index in [1.165, 1.54) is 13.3 Å². The number of hydrogen-bond donors (Lipinski definition) is 1. The molecular weight excluding hydrogens is 283 g/mol. The monoisotopic (exact) mass is 299 g/mol. The van der Waals surface area contributed by atoms with Gasteiger partial charge in [-0.05, 0) is 6.07 Å². The van der Waals surface area contributed by atoms with Crippen molar-refractivity contribution in [1.29, 1.82) is 0 Å². The molecule has 0 unspecified atom stereocenters. The molecule has 1 heterocycles. The van der Waals surface area contributed by atoms with E-state index in [2.05, 4.69) is 10.3 Å². The van der Waals surface area contributed by atoms with Crippen LogP contribution in [0.15, 0.2) is 12.3 Å². The first-order valence-electron chi connectivity index (χ1n) is 6.33. The summed E-state index contributed by atoms with van der Waals surface area (Å²) in [7, 11) is 4.92. The summed E-state index contributed by atoms with van der Waals surface area (Å²) in [4.78, 5) is 5.77. The van der Waals surface area contributed by atoms with Crippen LogP contribution >= 0.6 is 0 Å². The number of anilines is 2. The molecule has 0 fully saturated rings. The molecule has 0 atom stereocenters. The lowest BCUT2D eigenvalue weighted by atomic mass is 10.1. The van der Waals surface area contributed by atoms with E-state index in [1.54, 1.807) is 19.0 Å². The summed E-state index contributed by atoms with van der Waals surface area (Å²) in [6.45, 7) is 0.787. The Hall–Kier alpha value is -2.02. The van der Waals surface area contributed by atoms with Crippen LogP contribution in [0.25, 0.3) is 10.8 Å². The Morgan fingerprint density at radius 3 is 2.57 bits per heavy atom. The summed E-state index contributed by atoms with van der Waals surface area (Å²) in [5, 5.41) is 3.09. The zero-order valence-electron chi connectivity index (χ0n) is 12.0. The molecule has 1 aromatic carbocycles. The first-order chi connectivity index (χ1) is 9.97. The number of fused-ring (bicyclic) bond motifs is 1. The van der Waals surface area contributed by atoms with E-state index in [9.17, 15) is 13.2 Å². The minimum Gasteiger partial charge on any atom is -0.383 e. The highest BCUT2D eigenvalue weighted by atomic mass is 19.2. The van der Waals surface area contributed by atoms with Crippen LogP contribution in [-0.4, -0.2) is 39.3 Å². The molecule has 0 aliphatic carbocycles. The molecule has 1 N–H and O–H groups in total. The van der Waals surface area contributed by atoms with Crippen LogP contribution in [0.4, 0.5) is 24.7 Å². The van der Waals surface area contributed by atoms with Crippen molar-refractivity contribution < 1.29 is 17.9 Å². The summed E-state index contributed by atoms with van der Waals surface area (Å²) >= 11 is 0. The van der Waals surface area contributed by atoms with Crippen LogP contribution in [0.2, 0.25) is 0 Å². The predicted octanol–water partition coefficient (Wildman–Crippen LogP) is 2.78. The topological polar surface area (TPSA) is 37.4 Å². The molecule has 2 rings (SSSR count). The molecule has 0 spiro atoms. The van der Waals surface area contributed by atoms with E-state index in [-0.39, 0.29) is 10.8 Å². The van der Waals surface area contributed by atoms with Crippen molar-refractivity contribution in [2.75, 3.05) is 44.6 Å². The molecule has 114 valence electrons. The number of rotatable bonds is 5. The Labute approximate surface area is 120 Å². The van der Waals surface area contributed by atoms with Gasteiger partial charge in [0.25, 0.3) is 0 Å². The quantitative estimate of drug-likeness (QED) is 0.680. The lowest BCUT2D eigenvalue weighted by Gasteiger charge is -2.17. The standard InChI is InChI=1S/C14H16F3N3O/c1-20(2)14-8-6-9(15)12(16)13(17)11(8)10(7-19-14)18-4-5-21-3/h6-7,18H,4-5H2,1-3H3. The maximum Gasteiger partial charge on any atom is 0.195 e. The number of nitrogens with one attached hydrogen (secondary N) is 1. The van der Waals surface area contributed by atoms with Crippen LogP contribution in [0.5, 0.6) is 0 Å². The average Bonchev–Trinajstić information content (AvgIpc) is 2.44. The van der Waals surface area contributed by atoms with Gasteiger partial charge >= 0.3 is 0 Å². The fourth-order valence-corrected chi connectivity index (χ4v) is 2.07. The van der Waals surface area contributed by atoms with E-state index < -0.39 is 17.5 Å². The lowest BCUT2D eigenvalue weighted by Crippen LogP contribution is -2.14. The number of aromatic nitrogens is 1. The molecule has 0 amide bonds. The first kappa shape index (κ1) is 15.4. The van der Waals surface area contributed by atoms with Crippen LogP contribution in [-0.2, 0) is 4.74 Å². The van der Waals surface area contributed by atoms with Crippen LogP contribution in [0, 0.1) is 17.5 Å². The molecule has 0 radical (unpaired) electrons. The first-order valence-corrected chi connectivity index (χ1v) is 6.33. The maximum absolute atomic E-state index is 14.1. The third-order valence-electron chi connectivity index (χ3n) is 3.03. The highest BCUT2D eigenvalue weighted by Crippen LogP contribution is 2.33. The van der Waals surface area contributed by atoms with Crippen LogP contribution < -0.4 is 10.2 Å². The molecule has 0 saturated carbocycles. The van der Waals surface area contributed by atoms with Crippen molar-refractivity contribution in [3.05, 3.63) is 29.7 Å². The lowest BCUT2D eigenvalue weighted by molar-refractivity contribution is 0.211. The third kappa shape index (κ3) is 2.87. The minimum atomic E-state index is -1.49. The number of benzene rings is 1. The second-order valence-electron chi connectivity index (χ2n) is 4.72. The van der Waals surface area contributed by atoms with Gasteiger partial charge in [-0.25, -0.2) is 18.2 Å². The number of hydrogen-bond acceptors (Lipinski definition) is 4. The fraction of sp³-hybridized carbons (Fsp3) is 0.357. The number of ether oxygens (including phenoxy) is 1. The zero-order chi connectivity index (χ0) is 15.6. The second-order valence-corrected chi connectivity index (χ2v) is 4.72. The Kier molecular flexibility index (Phi) is 4.52.